The molecule has 0 amide bonds. The van der Waals surface area contributed by atoms with Crippen molar-refractivity contribution in [3.63, 3.8) is 0 Å². The van der Waals surface area contributed by atoms with Crippen molar-refractivity contribution in [3.05, 3.63) is 28.8 Å². The lowest BCUT2D eigenvalue weighted by atomic mass is 10.3. The van der Waals surface area contributed by atoms with E-state index < -0.39 is 11.6 Å². The van der Waals surface area contributed by atoms with Crippen LogP contribution < -0.4 is 11.3 Å². The van der Waals surface area contributed by atoms with Crippen molar-refractivity contribution < 1.29 is 8.78 Å². The maximum Gasteiger partial charge on any atom is 0.280 e. The number of aryl methyl sites for hydroxylation is 1. The van der Waals surface area contributed by atoms with E-state index in [2.05, 4.69) is 15.0 Å². The van der Waals surface area contributed by atoms with Crippen molar-refractivity contribution in [2.45, 2.75) is 19.4 Å². The molecule has 0 aliphatic carbocycles. The standard InChI is InChI=1S/C10H11F2N5O/c11-6(12)3-1-2-4-17-5-14-7-8(17)15-10(13)16-9(7)18/h3,5H,1-2,4H2,(H3,13,15,16,18). The van der Waals surface area contributed by atoms with Gasteiger partial charge in [0.15, 0.2) is 11.2 Å². The van der Waals surface area contributed by atoms with E-state index in [9.17, 15) is 13.6 Å². The number of unbranched alkanes of at least 4 members (excludes halogenated alkanes) is 1. The number of hydrogen-bond acceptors (Lipinski definition) is 4. The Labute approximate surface area is 100 Å². The average Bonchev–Trinajstić information content (AvgIpc) is 2.67. The quantitative estimate of drug-likeness (QED) is 0.805. The van der Waals surface area contributed by atoms with Crippen molar-refractivity contribution in [2.75, 3.05) is 5.73 Å². The molecule has 0 atom stereocenters. The second-order valence-electron chi connectivity index (χ2n) is 3.70. The lowest BCUT2D eigenvalue weighted by Gasteiger charge is -2.01. The highest BCUT2D eigenvalue weighted by Crippen LogP contribution is 2.09. The smallest absolute Gasteiger partial charge is 0.280 e. The minimum Gasteiger partial charge on any atom is -0.369 e. The van der Waals surface area contributed by atoms with Gasteiger partial charge in [-0.25, -0.2) is 4.98 Å². The van der Waals surface area contributed by atoms with Gasteiger partial charge in [0.25, 0.3) is 11.6 Å². The number of hydrogen-bond donors (Lipinski definition) is 2. The number of rotatable bonds is 4. The van der Waals surface area contributed by atoms with Gasteiger partial charge >= 0.3 is 0 Å². The number of nitrogen functional groups attached to an aromatic ring is 1. The van der Waals surface area contributed by atoms with Gasteiger partial charge in [-0.2, -0.15) is 13.8 Å². The maximum atomic E-state index is 11.8. The number of allylic oxidation sites excluding steroid dienone is 1. The fourth-order valence-corrected chi connectivity index (χ4v) is 1.61. The van der Waals surface area contributed by atoms with Crippen molar-refractivity contribution in [1.29, 1.82) is 0 Å². The first kappa shape index (κ1) is 12.2. The molecule has 0 bridgehead atoms. The van der Waals surface area contributed by atoms with Gasteiger partial charge in [-0.15, -0.1) is 0 Å². The molecule has 96 valence electrons. The molecule has 2 rings (SSSR count). The molecule has 18 heavy (non-hydrogen) atoms. The SMILES string of the molecule is Nc1nc2c(ncn2CCCC=C(F)F)c(=O)[nH]1. The van der Waals surface area contributed by atoms with Crippen LogP contribution in [0.1, 0.15) is 12.8 Å². The van der Waals surface area contributed by atoms with Gasteiger partial charge in [0.2, 0.25) is 5.95 Å². The summed E-state index contributed by atoms with van der Waals surface area (Å²) in [5, 5.41) is 0. The first-order valence-corrected chi connectivity index (χ1v) is 5.29. The second-order valence-corrected chi connectivity index (χ2v) is 3.70. The second kappa shape index (κ2) is 4.94. The molecule has 2 aromatic heterocycles. The van der Waals surface area contributed by atoms with Crippen LogP contribution in [-0.2, 0) is 6.54 Å². The highest BCUT2D eigenvalue weighted by atomic mass is 19.3. The number of aromatic nitrogens is 4. The van der Waals surface area contributed by atoms with E-state index in [-0.39, 0.29) is 17.9 Å². The number of fused-ring (bicyclic) bond motifs is 1. The Morgan fingerprint density at radius 2 is 2.33 bits per heavy atom. The van der Waals surface area contributed by atoms with Crippen LogP contribution in [0.4, 0.5) is 14.7 Å². The molecule has 0 fully saturated rings. The number of nitrogens with zero attached hydrogens (tertiary/aromatic N) is 3. The molecule has 0 unspecified atom stereocenters. The zero-order chi connectivity index (χ0) is 13.1. The van der Waals surface area contributed by atoms with E-state index in [0.717, 1.165) is 6.08 Å². The lowest BCUT2D eigenvalue weighted by molar-refractivity contribution is 0.416. The molecular formula is C10H11F2N5O. The summed E-state index contributed by atoms with van der Waals surface area (Å²) in [5.41, 5.74) is 5.57. The molecule has 0 aliphatic heterocycles. The van der Waals surface area contributed by atoms with Crippen molar-refractivity contribution >= 4 is 17.1 Å². The molecule has 0 radical (unpaired) electrons. The topological polar surface area (TPSA) is 89.6 Å². The fraction of sp³-hybridized carbons (Fsp3) is 0.300. The van der Waals surface area contributed by atoms with Crippen LogP contribution in [0.3, 0.4) is 0 Å². The number of H-pyrrole nitrogens is 1. The van der Waals surface area contributed by atoms with E-state index in [0.29, 0.717) is 18.6 Å². The largest absolute Gasteiger partial charge is 0.369 e. The predicted octanol–water partition coefficient (Wildman–Crippen LogP) is 1.26. The summed E-state index contributed by atoms with van der Waals surface area (Å²) >= 11 is 0. The van der Waals surface area contributed by atoms with Crippen LogP contribution in [0, 0.1) is 0 Å². The van der Waals surface area contributed by atoms with Crippen LogP contribution in [0.25, 0.3) is 11.2 Å². The van der Waals surface area contributed by atoms with Crippen LogP contribution >= 0.6 is 0 Å². The maximum absolute atomic E-state index is 11.8. The Kier molecular flexibility index (Phi) is 3.35. The third-order valence-electron chi connectivity index (χ3n) is 2.39. The summed E-state index contributed by atoms with van der Waals surface area (Å²) in [4.78, 5) is 21.7. The van der Waals surface area contributed by atoms with Crippen molar-refractivity contribution in [2.24, 2.45) is 0 Å². The van der Waals surface area contributed by atoms with Crippen LogP contribution in [-0.4, -0.2) is 19.5 Å². The van der Waals surface area contributed by atoms with E-state index in [1.54, 1.807) is 4.57 Å². The number of halogens is 2. The van der Waals surface area contributed by atoms with Gasteiger partial charge in [0, 0.05) is 6.54 Å². The fourth-order valence-electron chi connectivity index (χ4n) is 1.61. The van der Waals surface area contributed by atoms with E-state index in [1.165, 1.54) is 6.33 Å². The summed E-state index contributed by atoms with van der Waals surface area (Å²) in [6.07, 6.45) is 1.36. The molecule has 0 saturated heterocycles. The Hall–Kier alpha value is -2.25. The number of aromatic amines is 1. The van der Waals surface area contributed by atoms with E-state index in [1.807, 2.05) is 0 Å². The lowest BCUT2D eigenvalue weighted by Crippen LogP contribution is -2.12. The molecule has 8 heteroatoms. The first-order chi connectivity index (χ1) is 8.58. The summed E-state index contributed by atoms with van der Waals surface area (Å²) in [5.74, 6) is 0.00366. The molecule has 2 aromatic rings. The summed E-state index contributed by atoms with van der Waals surface area (Å²) in [6.45, 7) is 0.441. The zero-order valence-corrected chi connectivity index (χ0v) is 9.36. The van der Waals surface area contributed by atoms with Crippen molar-refractivity contribution in [3.8, 4) is 0 Å². The minimum absolute atomic E-state index is 0.00366. The van der Waals surface area contributed by atoms with Crippen LogP contribution in [0.5, 0.6) is 0 Å². The van der Waals surface area contributed by atoms with Gasteiger partial charge in [0.1, 0.15) is 0 Å². The monoisotopic (exact) mass is 255 g/mol. The average molecular weight is 255 g/mol. The predicted molar refractivity (Wildman–Crippen MR) is 62.1 cm³/mol. The van der Waals surface area contributed by atoms with Crippen molar-refractivity contribution in [1.82, 2.24) is 19.5 Å². The summed E-state index contributed by atoms with van der Waals surface area (Å²) in [7, 11) is 0. The Morgan fingerprint density at radius 3 is 3.06 bits per heavy atom. The Balaban J connectivity index is 2.19. The molecule has 6 nitrogen and oxygen atoms in total. The van der Waals surface area contributed by atoms with Gasteiger partial charge in [0.05, 0.1) is 6.33 Å². The number of nitrogens with one attached hydrogen (secondary N) is 1. The number of imidazole rings is 1. The normalized spacial score (nSPS) is 10.8. The molecular weight excluding hydrogens is 244 g/mol. The highest BCUT2D eigenvalue weighted by molar-refractivity contribution is 5.70. The van der Waals surface area contributed by atoms with Crippen LogP contribution in [0.15, 0.2) is 23.3 Å². The van der Waals surface area contributed by atoms with Gasteiger partial charge in [-0.1, -0.05) is 0 Å². The molecule has 0 saturated carbocycles. The summed E-state index contributed by atoms with van der Waals surface area (Å²) in [6, 6.07) is 0. The van der Waals surface area contributed by atoms with Gasteiger partial charge < -0.3 is 10.3 Å². The highest BCUT2D eigenvalue weighted by Gasteiger charge is 2.08. The van der Waals surface area contributed by atoms with E-state index in [4.69, 9.17) is 5.73 Å². The van der Waals surface area contributed by atoms with Gasteiger partial charge in [-0.3, -0.25) is 9.78 Å². The molecule has 0 aromatic carbocycles. The number of nitrogens with two attached hydrogens (primary N) is 1. The molecule has 3 N–H and O–H groups in total. The first-order valence-electron chi connectivity index (χ1n) is 5.29. The number of anilines is 1. The summed E-state index contributed by atoms with van der Waals surface area (Å²) < 4.78 is 25.3. The Bertz CT molecular complexity index is 641. The molecule has 2 heterocycles. The van der Waals surface area contributed by atoms with Gasteiger partial charge in [-0.05, 0) is 18.9 Å². The minimum atomic E-state index is -1.69. The van der Waals surface area contributed by atoms with Crippen LogP contribution in [0.2, 0.25) is 0 Å². The Morgan fingerprint density at radius 1 is 1.56 bits per heavy atom. The third-order valence-corrected chi connectivity index (χ3v) is 2.39. The van der Waals surface area contributed by atoms with E-state index >= 15 is 0 Å². The molecule has 0 spiro atoms. The zero-order valence-electron chi connectivity index (χ0n) is 9.36. The third kappa shape index (κ3) is 2.53. The molecule has 0 aliphatic rings.